The number of carbonyl (C=O) groups excluding carboxylic acids is 2. The molecule has 2 aromatic heterocycles. The molecule has 1 aliphatic heterocycles. The van der Waals surface area contributed by atoms with Crippen LogP contribution in [0.5, 0.6) is 0 Å². The Kier molecular flexibility index (Phi) is 4.34. The number of nitrogens with one attached hydrogen (secondary N) is 1. The van der Waals surface area contributed by atoms with Crippen LogP contribution in [0.15, 0.2) is 29.2 Å². The standard InChI is InChI=1S/C15H19N5O4/c16-13(22)15(4-7-24-8-5-15)10-17-12(21)9-20-14(23)19-6-2-1-3-11(19)18-20/h1-3,6H,4-5,7-10H2,(H2,16,22)(H,17,21). The smallest absolute Gasteiger partial charge is 0.350 e. The average Bonchev–Trinajstić information content (AvgIpc) is 2.90. The monoisotopic (exact) mass is 333 g/mol. The molecule has 24 heavy (non-hydrogen) atoms. The molecule has 0 bridgehead atoms. The number of fused-ring (bicyclic) bond motifs is 1. The van der Waals surface area contributed by atoms with Crippen LogP contribution in [-0.4, -0.2) is 45.8 Å². The van der Waals surface area contributed by atoms with Crippen LogP contribution in [0.2, 0.25) is 0 Å². The van der Waals surface area contributed by atoms with E-state index in [1.54, 1.807) is 24.4 Å². The van der Waals surface area contributed by atoms with Crippen molar-refractivity contribution < 1.29 is 14.3 Å². The molecule has 0 atom stereocenters. The summed E-state index contributed by atoms with van der Waals surface area (Å²) in [5.74, 6) is -0.844. The first-order chi connectivity index (χ1) is 11.5. The van der Waals surface area contributed by atoms with Gasteiger partial charge in [-0.15, -0.1) is 5.10 Å². The van der Waals surface area contributed by atoms with Crippen LogP contribution in [0.3, 0.4) is 0 Å². The molecule has 0 radical (unpaired) electrons. The van der Waals surface area contributed by atoms with E-state index in [9.17, 15) is 14.4 Å². The third-order valence-corrected chi connectivity index (χ3v) is 4.38. The van der Waals surface area contributed by atoms with Crippen LogP contribution < -0.4 is 16.7 Å². The van der Waals surface area contributed by atoms with Crippen LogP contribution in [0.4, 0.5) is 0 Å². The van der Waals surface area contributed by atoms with E-state index in [1.807, 2.05) is 0 Å². The fraction of sp³-hybridized carbons (Fsp3) is 0.467. The molecule has 0 spiro atoms. The SMILES string of the molecule is NC(=O)C1(CNC(=O)Cn2nc3ccccn3c2=O)CCOCC1. The third kappa shape index (κ3) is 3.02. The first-order valence-electron chi connectivity index (χ1n) is 7.70. The van der Waals surface area contributed by atoms with Gasteiger partial charge in [0.05, 0.1) is 5.41 Å². The molecule has 2 aromatic rings. The highest BCUT2D eigenvalue weighted by Crippen LogP contribution is 2.29. The Labute approximate surface area is 137 Å². The molecule has 9 nitrogen and oxygen atoms in total. The van der Waals surface area contributed by atoms with E-state index in [4.69, 9.17) is 10.5 Å². The number of primary amides is 1. The van der Waals surface area contributed by atoms with Crippen molar-refractivity contribution in [3.05, 3.63) is 34.9 Å². The van der Waals surface area contributed by atoms with Crippen LogP contribution in [0.25, 0.3) is 5.65 Å². The fourth-order valence-electron chi connectivity index (χ4n) is 2.80. The van der Waals surface area contributed by atoms with Crippen molar-refractivity contribution in [3.8, 4) is 0 Å². The van der Waals surface area contributed by atoms with E-state index in [0.717, 1.165) is 4.68 Å². The summed E-state index contributed by atoms with van der Waals surface area (Å²) in [6.07, 6.45) is 2.52. The molecule has 0 saturated carbocycles. The van der Waals surface area contributed by atoms with Gasteiger partial charge in [-0.2, -0.15) is 0 Å². The van der Waals surface area contributed by atoms with Gasteiger partial charge < -0.3 is 15.8 Å². The summed E-state index contributed by atoms with van der Waals surface area (Å²) in [5, 5.41) is 6.78. The van der Waals surface area contributed by atoms with E-state index < -0.39 is 22.9 Å². The highest BCUT2D eigenvalue weighted by Gasteiger charge is 2.38. The number of nitrogens with zero attached hydrogens (tertiary/aromatic N) is 3. The second-order valence-electron chi connectivity index (χ2n) is 5.90. The van der Waals surface area contributed by atoms with Crippen LogP contribution in [0.1, 0.15) is 12.8 Å². The molecule has 0 aliphatic carbocycles. The number of hydrogen-bond acceptors (Lipinski definition) is 5. The number of rotatable bonds is 5. The Morgan fingerprint density at radius 3 is 2.75 bits per heavy atom. The van der Waals surface area contributed by atoms with Gasteiger partial charge in [0.25, 0.3) is 0 Å². The van der Waals surface area contributed by atoms with E-state index in [-0.39, 0.29) is 13.1 Å². The predicted molar refractivity (Wildman–Crippen MR) is 84.1 cm³/mol. The fourth-order valence-corrected chi connectivity index (χ4v) is 2.80. The lowest BCUT2D eigenvalue weighted by atomic mass is 9.79. The lowest BCUT2D eigenvalue weighted by Gasteiger charge is -2.34. The van der Waals surface area contributed by atoms with Gasteiger partial charge in [0.1, 0.15) is 6.54 Å². The Hall–Kier alpha value is -2.68. The maximum Gasteiger partial charge on any atom is 0.350 e. The van der Waals surface area contributed by atoms with Gasteiger partial charge in [-0.25, -0.2) is 9.48 Å². The van der Waals surface area contributed by atoms with Crippen molar-refractivity contribution in [1.82, 2.24) is 19.5 Å². The molecule has 0 unspecified atom stereocenters. The van der Waals surface area contributed by atoms with Crippen molar-refractivity contribution in [1.29, 1.82) is 0 Å². The summed E-state index contributed by atoms with van der Waals surface area (Å²) in [6, 6.07) is 5.15. The highest BCUT2D eigenvalue weighted by atomic mass is 16.5. The molecule has 1 fully saturated rings. The predicted octanol–water partition coefficient (Wildman–Crippen LogP) is -1.11. The van der Waals surface area contributed by atoms with Crippen molar-refractivity contribution in [2.45, 2.75) is 19.4 Å². The number of carbonyl (C=O) groups is 2. The van der Waals surface area contributed by atoms with E-state index in [1.165, 1.54) is 4.40 Å². The lowest BCUT2D eigenvalue weighted by Crippen LogP contribution is -2.50. The van der Waals surface area contributed by atoms with Crippen LogP contribution >= 0.6 is 0 Å². The van der Waals surface area contributed by atoms with E-state index >= 15 is 0 Å². The molecule has 0 aromatic carbocycles. The third-order valence-electron chi connectivity index (χ3n) is 4.38. The minimum Gasteiger partial charge on any atom is -0.381 e. The quantitative estimate of drug-likeness (QED) is 0.719. The summed E-state index contributed by atoms with van der Waals surface area (Å²) in [6.45, 7) is 0.786. The molecule has 128 valence electrons. The minimum atomic E-state index is -0.794. The zero-order valence-corrected chi connectivity index (χ0v) is 13.1. The first-order valence-corrected chi connectivity index (χ1v) is 7.70. The number of nitrogens with two attached hydrogens (primary N) is 1. The molecular weight excluding hydrogens is 314 g/mol. The molecule has 9 heteroatoms. The van der Waals surface area contributed by atoms with Crippen molar-refractivity contribution in [2.75, 3.05) is 19.8 Å². The highest BCUT2D eigenvalue weighted by molar-refractivity contribution is 5.82. The number of amides is 2. The zero-order valence-electron chi connectivity index (χ0n) is 13.1. The average molecular weight is 333 g/mol. The van der Waals surface area contributed by atoms with Gasteiger partial charge in [-0.05, 0) is 25.0 Å². The molecular formula is C15H19N5O4. The van der Waals surface area contributed by atoms with Gasteiger partial charge in [0.2, 0.25) is 11.8 Å². The minimum absolute atomic E-state index is 0.132. The molecule has 1 aliphatic rings. The van der Waals surface area contributed by atoms with Gasteiger partial charge in [0, 0.05) is 26.0 Å². The Morgan fingerprint density at radius 2 is 2.08 bits per heavy atom. The second-order valence-corrected chi connectivity index (χ2v) is 5.90. The summed E-state index contributed by atoms with van der Waals surface area (Å²) < 4.78 is 7.69. The van der Waals surface area contributed by atoms with Gasteiger partial charge in [-0.3, -0.25) is 14.0 Å². The lowest BCUT2D eigenvalue weighted by molar-refractivity contribution is -0.134. The van der Waals surface area contributed by atoms with E-state index in [2.05, 4.69) is 10.4 Å². The zero-order chi connectivity index (χ0) is 17.2. The van der Waals surface area contributed by atoms with Crippen molar-refractivity contribution >= 4 is 17.5 Å². The van der Waals surface area contributed by atoms with Gasteiger partial charge in [0.15, 0.2) is 5.65 Å². The summed E-state index contributed by atoms with van der Waals surface area (Å²) in [7, 11) is 0. The summed E-state index contributed by atoms with van der Waals surface area (Å²) in [5.41, 5.74) is 4.78. The Balaban J connectivity index is 1.67. The van der Waals surface area contributed by atoms with Crippen molar-refractivity contribution in [2.24, 2.45) is 11.1 Å². The maximum atomic E-state index is 12.1. The maximum absolute atomic E-state index is 12.1. The van der Waals surface area contributed by atoms with Gasteiger partial charge >= 0.3 is 5.69 Å². The second kappa shape index (κ2) is 6.44. The largest absolute Gasteiger partial charge is 0.381 e. The first kappa shape index (κ1) is 16.2. The number of pyridine rings is 1. The molecule has 3 N–H and O–H groups in total. The summed E-state index contributed by atoms with van der Waals surface area (Å²) in [4.78, 5) is 36.0. The van der Waals surface area contributed by atoms with E-state index in [0.29, 0.717) is 31.7 Å². The number of hydrogen-bond donors (Lipinski definition) is 2. The van der Waals surface area contributed by atoms with Gasteiger partial charge in [-0.1, -0.05) is 6.07 Å². The van der Waals surface area contributed by atoms with Crippen LogP contribution in [0, 0.1) is 5.41 Å². The van der Waals surface area contributed by atoms with Crippen molar-refractivity contribution in [3.63, 3.8) is 0 Å². The van der Waals surface area contributed by atoms with Crippen LogP contribution in [-0.2, 0) is 20.9 Å². The molecule has 3 heterocycles. The molecule has 2 amide bonds. The Morgan fingerprint density at radius 1 is 1.33 bits per heavy atom. The molecule has 3 rings (SSSR count). The normalized spacial score (nSPS) is 16.8. The topological polar surface area (TPSA) is 121 Å². The number of ether oxygens (including phenoxy) is 1. The number of aromatic nitrogens is 3. The molecule has 1 saturated heterocycles. The summed E-state index contributed by atoms with van der Waals surface area (Å²) >= 11 is 0. The Bertz CT molecular complexity index is 819.